The average Bonchev–Trinajstić information content (AvgIpc) is 2.51. The Morgan fingerprint density at radius 3 is 2.79 bits per heavy atom. The summed E-state index contributed by atoms with van der Waals surface area (Å²) in [4.78, 5) is 3.85. The van der Waals surface area contributed by atoms with E-state index in [-0.39, 0.29) is 0 Å². The highest BCUT2D eigenvalue weighted by Gasteiger charge is 2.10. The summed E-state index contributed by atoms with van der Waals surface area (Å²) in [5.41, 5.74) is 0. The van der Waals surface area contributed by atoms with Gasteiger partial charge in [0.05, 0.1) is 6.54 Å². The second-order valence-electron chi connectivity index (χ2n) is 3.55. The Labute approximate surface area is 82.1 Å². The van der Waals surface area contributed by atoms with E-state index in [0.29, 0.717) is 18.3 Å². The van der Waals surface area contributed by atoms with E-state index in [1.807, 2.05) is 0 Å². The van der Waals surface area contributed by atoms with E-state index in [9.17, 15) is 8.78 Å². The van der Waals surface area contributed by atoms with Crippen LogP contribution in [0, 0.1) is 5.92 Å². The highest BCUT2D eigenvalue weighted by atomic mass is 19.3. The van der Waals surface area contributed by atoms with Crippen molar-refractivity contribution in [2.24, 2.45) is 5.92 Å². The van der Waals surface area contributed by atoms with Gasteiger partial charge in [-0.15, -0.1) is 0 Å². The second-order valence-corrected chi connectivity index (χ2v) is 3.55. The maximum Gasteiger partial charge on any atom is 0.319 e. The highest BCUT2D eigenvalue weighted by Crippen LogP contribution is 2.11. The molecule has 1 aromatic rings. The summed E-state index contributed by atoms with van der Waals surface area (Å²) in [7, 11) is 0. The van der Waals surface area contributed by atoms with E-state index in [1.54, 1.807) is 0 Å². The number of nitrogens with one attached hydrogen (secondary N) is 1. The number of imidazole rings is 1. The predicted molar refractivity (Wildman–Crippen MR) is 50.0 cm³/mol. The van der Waals surface area contributed by atoms with Crippen LogP contribution in [0.2, 0.25) is 0 Å². The Balaban J connectivity index is 2.46. The van der Waals surface area contributed by atoms with Gasteiger partial charge in [0.25, 0.3) is 0 Å². The molecule has 1 rings (SSSR count). The second kappa shape index (κ2) is 5.05. The summed E-state index contributed by atoms with van der Waals surface area (Å²) in [6, 6.07) is 0. The number of rotatable bonds is 5. The molecule has 0 aliphatic heterocycles. The third-order valence-electron chi connectivity index (χ3n) is 1.79. The summed E-state index contributed by atoms with van der Waals surface area (Å²) in [6.45, 7) is 2.80. The molecule has 0 aliphatic rings. The average molecular weight is 203 g/mol. The molecule has 0 amide bonds. The lowest BCUT2D eigenvalue weighted by atomic mass is 10.2. The zero-order valence-electron chi connectivity index (χ0n) is 8.37. The molecule has 1 aromatic heterocycles. The first kappa shape index (κ1) is 11.1. The molecule has 0 spiro atoms. The molecule has 14 heavy (non-hydrogen) atoms. The number of hydrogen-bond donors (Lipinski definition) is 1. The number of alkyl halides is 2. The van der Waals surface area contributed by atoms with Crippen LogP contribution in [0.5, 0.6) is 0 Å². The van der Waals surface area contributed by atoms with Gasteiger partial charge in [0, 0.05) is 12.4 Å². The number of halogens is 2. The van der Waals surface area contributed by atoms with Crippen LogP contribution in [-0.4, -0.2) is 16.1 Å². The minimum absolute atomic E-state index is 0.376. The van der Waals surface area contributed by atoms with Crippen molar-refractivity contribution in [3.8, 4) is 0 Å². The van der Waals surface area contributed by atoms with Crippen molar-refractivity contribution in [3.63, 3.8) is 0 Å². The van der Waals surface area contributed by atoms with Gasteiger partial charge in [-0.2, -0.15) is 8.78 Å². The zero-order chi connectivity index (χ0) is 10.6. The Morgan fingerprint density at radius 2 is 2.21 bits per heavy atom. The molecule has 0 saturated heterocycles. The van der Waals surface area contributed by atoms with Crippen molar-refractivity contribution in [1.82, 2.24) is 14.9 Å². The molecule has 5 heteroatoms. The van der Waals surface area contributed by atoms with Crippen molar-refractivity contribution in [1.29, 1.82) is 0 Å². The van der Waals surface area contributed by atoms with Crippen LogP contribution < -0.4 is 5.32 Å². The van der Waals surface area contributed by atoms with Gasteiger partial charge < -0.3 is 5.32 Å². The molecule has 0 aliphatic carbocycles. The van der Waals surface area contributed by atoms with Gasteiger partial charge in [0.1, 0.15) is 5.82 Å². The lowest BCUT2D eigenvalue weighted by Gasteiger charge is -2.08. The topological polar surface area (TPSA) is 29.9 Å². The fourth-order valence-corrected chi connectivity index (χ4v) is 1.13. The molecular weight excluding hydrogens is 188 g/mol. The van der Waals surface area contributed by atoms with Gasteiger partial charge in [-0.25, -0.2) is 4.98 Å². The normalized spacial score (nSPS) is 11.6. The largest absolute Gasteiger partial charge is 0.319 e. The summed E-state index contributed by atoms with van der Waals surface area (Å²) in [5.74, 6) is 0.880. The molecule has 0 fully saturated rings. The third-order valence-corrected chi connectivity index (χ3v) is 1.79. The van der Waals surface area contributed by atoms with Crippen molar-refractivity contribution in [2.45, 2.75) is 26.9 Å². The first-order chi connectivity index (χ1) is 6.61. The van der Waals surface area contributed by atoms with Crippen molar-refractivity contribution < 1.29 is 8.78 Å². The summed E-state index contributed by atoms with van der Waals surface area (Å²) < 4.78 is 25.6. The molecule has 0 bridgehead atoms. The molecule has 0 saturated carbocycles. The monoisotopic (exact) mass is 203 g/mol. The highest BCUT2D eigenvalue weighted by molar-refractivity contribution is 4.92. The molecule has 1 heterocycles. The summed E-state index contributed by atoms with van der Waals surface area (Å²) in [5, 5.41) is 3.07. The van der Waals surface area contributed by atoms with Crippen LogP contribution >= 0.6 is 0 Å². The van der Waals surface area contributed by atoms with Crippen LogP contribution in [0.1, 0.15) is 26.2 Å². The minimum Gasteiger partial charge on any atom is -0.310 e. The van der Waals surface area contributed by atoms with E-state index >= 15 is 0 Å². The SMILES string of the molecule is CC(C)CNCc1nccn1C(F)F. The van der Waals surface area contributed by atoms with Gasteiger partial charge >= 0.3 is 6.55 Å². The van der Waals surface area contributed by atoms with Crippen LogP contribution in [-0.2, 0) is 6.54 Å². The van der Waals surface area contributed by atoms with E-state index in [1.165, 1.54) is 12.4 Å². The predicted octanol–water partition coefficient (Wildman–Crippen LogP) is 2.02. The molecule has 1 N–H and O–H groups in total. The fraction of sp³-hybridized carbons (Fsp3) is 0.667. The summed E-state index contributed by atoms with van der Waals surface area (Å²) in [6.07, 6.45) is 2.68. The first-order valence-corrected chi connectivity index (χ1v) is 4.62. The van der Waals surface area contributed by atoms with E-state index in [2.05, 4.69) is 24.1 Å². The Morgan fingerprint density at radius 1 is 1.50 bits per heavy atom. The third kappa shape index (κ3) is 3.06. The molecule has 0 radical (unpaired) electrons. The number of hydrogen-bond acceptors (Lipinski definition) is 2. The Kier molecular flexibility index (Phi) is 4.00. The van der Waals surface area contributed by atoms with Gasteiger partial charge in [0.15, 0.2) is 0 Å². The first-order valence-electron chi connectivity index (χ1n) is 4.62. The van der Waals surface area contributed by atoms with E-state index in [4.69, 9.17) is 0 Å². The zero-order valence-corrected chi connectivity index (χ0v) is 8.37. The number of nitrogens with zero attached hydrogens (tertiary/aromatic N) is 2. The molecule has 0 atom stereocenters. The molecule has 0 unspecified atom stereocenters. The Hall–Kier alpha value is -0.970. The quantitative estimate of drug-likeness (QED) is 0.793. The molecule has 0 aromatic carbocycles. The van der Waals surface area contributed by atoms with Gasteiger partial charge in [-0.1, -0.05) is 13.8 Å². The molecule has 80 valence electrons. The van der Waals surface area contributed by atoms with Gasteiger partial charge in [-0.3, -0.25) is 4.57 Å². The van der Waals surface area contributed by atoms with Crippen LogP contribution in [0.3, 0.4) is 0 Å². The van der Waals surface area contributed by atoms with Gasteiger partial charge in [0.2, 0.25) is 0 Å². The molecular formula is C9H15F2N3. The van der Waals surface area contributed by atoms with Crippen molar-refractivity contribution in [2.75, 3.05) is 6.54 Å². The lowest BCUT2D eigenvalue weighted by molar-refractivity contribution is 0.0666. The minimum atomic E-state index is -2.51. The molecule has 3 nitrogen and oxygen atoms in total. The van der Waals surface area contributed by atoms with E-state index in [0.717, 1.165) is 11.1 Å². The Bertz CT molecular complexity index is 271. The van der Waals surface area contributed by atoms with Crippen LogP contribution in [0.15, 0.2) is 12.4 Å². The lowest BCUT2D eigenvalue weighted by Crippen LogP contribution is -2.21. The maximum absolute atomic E-state index is 12.3. The smallest absolute Gasteiger partial charge is 0.310 e. The fourth-order valence-electron chi connectivity index (χ4n) is 1.13. The van der Waals surface area contributed by atoms with Crippen LogP contribution in [0.4, 0.5) is 8.78 Å². The number of aromatic nitrogens is 2. The summed E-state index contributed by atoms with van der Waals surface area (Å²) >= 11 is 0. The van der Waals surface area contributed by atoms with Gasteiger partial charge in [-0.05, 0) is 12.5 Å². The van der Waals surface area contributed by atoms with Crippen molar-refractivity contribution in [3.05, 3.63) is 18.2 Å². The van der Waals surface area contributed by atoms with E-state index < -0.39 is 6.55 Å². The maximum atomic E-state index is 12.3. The van der Waals surface area contributed by atoms with Crippen molar-refractivity contribution >= 4 is 0 Å². The standard InChI is InChI=1S/C9H15F2N3/c1-7(2)5-12-6-8-13-3-4-14(8)9(10)11/h3-4,7,9,12H,5-6H2,1-2H3. The van der Waals surface area contributed by atoms with Crippen LogP contribution in [0.25, 0.3) is 0 Å².